The second-order valence-corrected chi connectivity index (χ2v) is 16.8. The number of allylic oxidation sites excluding steroid dienone is 1. The minimum atomic E-state index is -2.24. The predicted octanol–water partition coefficient (Wildman–Crippen LogP) is 9.22. The van der Waals surface area contributed by atoms with Gasteiger partial charge in [-0.15, -0.1) is 0 Å². The van der Waals surface area contributed by atoms with Crippen molar-refractivity contribution in [2.45, 2.75) is 193 Å². The molecule has 3 saturated carbocycles. The summed E-state index contributed by atoms with van der Waals surface area (Å²) in [5.41, 5.74) is -4.46. The lowest BCUT2D eigenvalue weighted by Crippen LogP contribution is -2.73. The number of alkyl halides is 2. The van der Waals surface area contributed by atoms with Gasteiger partial charge in [-0.2, -0.15) is 0 Å². The maximum absolute atomic E-state index is 17.9. The van der Waals surface area contributed by atoms with Crippen molar-refractivity contribution < 1.29 is 42.5 Å². The van der Waals surface area contributed by atoms with E-state index >= 15 is 8.78 Å². The second-order valence-electron chi connectivity index (χ2n) is 16.8. The Hall–Kier alpha value is -1.71. The van der Waals surface area contributed by atoms with E-state index in [1.807, 2.05) is 13.8 Å². The number of aliphatic hydroxyl groups is 1. The molecule has 7 nitrogen and oxygen atoms in total. The van der Waals surface area contributed by atoms with E-state index in [9.17, 15) is 19.5 Å². The molecule has 4 aliphatic carbocycles. The molecule has 0 radical (unpaired) electrons. The molecule has 1 aliphatic heterocycles. The van der Waals surface area contributed by atoms with Gasteiger partial charge in [0.15, 0.2) is 12.1 Å². The first-order valence-electron chi connectivity index (χ1n) is 20.2. The quantitative estimate of drug-likeness (QED) is 0.106. The number of halogens is 2. The Balaban J connectivity index is 1.09. The number of esters is 1. The minimum absolute atomic E-state index is 0.0227. The fourth-order valence-corrected chi connectivity index (χ4v) is 10.8. The number of fused-ring (bicyclic) bond motifs is 5. The van der Waals surface area contributed by atoms with Crippen LogP contribution in [0.15, 0.2) is 11.6 Å². The van der Waals surface area contributed by atoms with Gasteiger partial charge in [0.05, 0.1) is 6.10 Å². The number of ether oxygens (including phenoxy) is 3. The number of unbranched alkanes of at least 4 members (excludes halogenated alkanes) is 12. The highest BCUT2D eigenvalue weighted by atomic mass is 19.1. The molecule has 1 saturated heterocycles. The lowest BCUT2D eigenvalue weighted by molar-refractivity contribution is -0.439. The zero-order valence-electron chi connectivity index (χ0n) is 31.3. The second kappa shape index (κ2) is 16.5. The van der Waals surface area contributed by atoms with Crippen LogP contribution in [-0.2, 0) is 28.6 Å². The molecular formula is C41H64F2O7. The third kappa shape index (κ3) is 7.53. The average molecular weight is 707 g/mol. The van der Waals surface area contributed by atoms with Crippen LogP contribution in [0.1, 0.15) is 163 Å². The highest BCUT2D eigenvalue weighted by Gasteiger charge is 2.75. The van der Waals surface area contributed by atoms with Gasteiger partial charge < -0.3 is 19.3 Å². The summed E-state index contributed by atoms with van der Waals surface area (Å²) in [6.07, 6.45) is 15.7. The molecule has 1 spiro atoms. The molecule has 5 rings (SSSR count). The van der Waals surface area contributed by atoms with Crippen LogP contribution >= 0.6 is 0 Å². The van der Waals surface area contributed by atoms with Gasteiger partial charge >= 0.3 is 5.97 Å². The Morgan fingerprint density at radius 2 is 1.50 bits per heavy atom. The highest BCUT2D eigenvalue weighted by molar-refractivity contribution is 5.98. The van der Waals surface area contributed by atoms with Crippen molar-refractivity contribution in [3.63, 3.8) is 0 Å². The molecule has 50 heavy (non-hydrogen) atoms. The maximum Gasteiger partial charge on any atom is 0.306 e. The molecule has 5 aliphatic rings. The van der Waals surface area contributed by atoms with Gasteiger partial charge in [0.25, 0.3) is 0 Å². The summed E-state index contributed by atoms with van der Waals surface area (Å²) in [5.74, 6) is -4.50. The van der Waals surface area contributed by atoms with E-state index in [-0.39, 0.29) is 55.5 Å². The van der Waals surface area contributed by atoms with E-state index < -0.39 is 58.5 Å². The Labute approximate surface area is 299 Å². The lowest BCUT2D eigenvalue weighted by atomic mass is 9.43. The SMILES string of the molecule is CCCCCCCCCCCCCCCC(=O)OCC(=O)[C@@H]1CC[C@H]2[C@@H]3C[C@H](F)C4=CC(=O)C5(C[C@]4(C)[C@@]3(F)[C@@H](O)C[C@]12C)OC(CCC)O5. The molecular weight excluding hydrogens is 642 g/mol. The van der Waals surface area contributed by atoms with Crippen LogP contribution in [-0.4, -0.2) is 59.3 Å². The Bertz CT molecular complexity index is 1230. The lowest BCUT2D eigenvalue weighted by Gasteiger charge is -2.65. The summed E-state index contributed by atoms with van der Waals surface area (Å²) in [5, 5.41) is 11.7. The first kappa shape index (κ1) is 39.5. The van der Waals surface area contributed by atoms with Gasteiger partial charge in [0, 0.05) is 30.1 Å². The van der Waals surface area contributed by atoms with E-state index in [4.69, 9.17) is 14.2 Å². The van der Waals surface area contributed by atoms with Crippen LogP contribution in [0.5, 0.6) is 0 Å². The third-order valence-electron chi connectivity index (χ3n) is 13.5. The summed E-state index contributed by atoms with van der Waals surface area (Å²) in [7, 11) is 0. The smallest absolute Gasteiger partial charge is 0.306 e. The molecule has 0 aromatic heterocycles. The Morgan fingerprint density at radius 3 is 2.10 bits per heavy atom. The van der Waals surface area contributed by atoms with Gasteiger partial charge in [-0.25, -0.2) is 8.78 Å². The number of hydrogen-bond donors (Lipinski definition) is 1. The standard InChI is InChI=1S/C41H64F2O7/c1-5-7-8-9-10-11-12-13-14-15-16-17-18-20-36(47)48-26-33(44)29-22-21-28-30-23-32(42)31-24-34(45)40(49-37(50-40)19-6-2)27-39(31,4)41(30,43)35(46)25-38(28,29)3/h24,28-30,32,35,37,46H,5-23,25-27H2,1-4H3/t28-,29-,30-,32-,35-,37?,38-,39-,40?,41-/m0/s1. The highest BCUT2D eigenvalue weighted by Crippen LogP contribution is 2.71. The van der Waals surface area contributed by atoms with Crippen LogP contribution < -0.4 is 0 Å². The zero-order chi connectivity index (χ0) is 36.2. The van der Waals surface area contributed by atoms with Crippen molar-refractivity contribution >= 4 is 17.5 Å². The molecule has 1 N–H and O–H groups in total. The zero-order valence-corrected chi connectivity index (χ0v) is 31.3. The number of rotatable bonds is 19. The molecule has 4 fully saturated rings. The number of carbonyl (C=O) groups excluding carboxylic acids is 3. The van der Waals surface area contributed by atoms with E-state index in [2.05, 4.69) is 6.92 Å². The van der Waals surface area contributed by atoms with Gasteiger partial charge in [-0.3, -0.25) is 14.4 Å². The van der Waals surface area contributed by atoms with Crippen molar-refractivity contribution in [2.24, 2.45) is 28.6 Å². The normalized spacial score (nSPS) is 38.9. The van der Waals surface area contributed by atoms with Crippen LogP contribution in [0, 0.1) is 28.6 Å². The topological polar surface area (TPSA) is 99.1 Å². The van der Waals surface area contributed by atoms with E-state index in [0.717, 1.165) is 25.7 Å². The van der Waals surface area contributed by atoms with Crippen molar-refractivity contribution in [1.82, 2.24) is 0 Å². The van der Waals surface area contributed by atoms with Crippen molar-refractivity contribution in [2.75, 3.05) is 6.61 Å². The number of hydrogen-bond acceptors (Lipinski definition) is 7. The number of Topliss-reactive ketones (excluding diaryl/α,β-unsaturated/α-hetero) is 1. The maximum atomic E-state index is 17.9. The fourth-order valence-electron chi connectivity index (χ4n) is 10.8. The molecule has 1 heterocycles. The van der Waals surface area contributed by atoms with E-state index in [1.54, 1.807) is 6.92 Å². The van der Waals surface area contributed by atoms with E-state index in [0.29, 0.717) is 19.3 Å². The number of ketones is 2. The molecule has 0 bridgehead atoms. The Morgan fingerprint density at radius 1 is 0.900 bits per heavy atom. The minimum Gasteiger partial charge on any atom is -0.458 e. The third-order valence-corrected chi connectivity index (χ3v) is 13.5. The van der Waals surface area contributed by atoms with Crippen LogP contribution in [0.4, 0.5) is 8.78 Å². The monoisotopic (exact) mass is 706 g/mol. The largest absolute Gasteiger partial charge is 0.458 e. The van der Waals surface area contributed by atoms with Crippen LogP contribution in [0.25, 0.3) is 0 Å². The molecule has 0 aromatic rings. The number of carbonyl (C=O) groups is 3. The van der Waals surface area contributed by atoms with Crippen molar-refractivity contribution in [3.05, 3.63) is 11.6 Å². The van der Waals surface area contributed by atoms with Crippen molar-refractivity contribution in [1.29, 1.82) is 0 Å². The number of aliphatic hydroxyl groups excluding tert-OH is 1. The van der Waals surface area contributed by atoms with Crippen LogP contribution in [0.2, 0.25) is 0 Å². The van der Waals surface area contributed by atoms with Gasteiger partial charge in [0.1, 0.15) is 18.4 Å². The summed E-state index contributed by atoms with van der Waals surface area (Å²) < 4.78 is 51.2. The van der Waals surface area contributed by atoms with Gasteiger partial charge in [-0.1, -0.05) is 111 Å². The van der Waals surface area contributed by atoms with Crippen LogP contribution in [0.3, 0.4) is 0 Å². The molecule has 284 valence electrons. The average Bonchev–Trinajstić information content (AvgIpc) is 3.40. The summed E-state index contributed by atoms with van der Waals surface area (Å²) >= 11 is 0. The van der Waals surface area contributed by atoms with Gasteiger partial charge in [0.2, 0.25) is 11.6 Å². The first-order valence-corrected chi connectivity index (χ1v) is 20.2. The first-order chi connectivity index (χ1) is 23.9. The fraction of sp³-hybridized carbons (Fsp3) is 0.878. The van der Waals surface area contributed by atoms with Gasteiger partial charge in [-0.05, 0) is 61.5 Å². The Kier molecular flexibility index (Phi) is 13.1. The van der Waals surface area contributed by atoms with Crippen molar-refractivity contribution in [3.8, 4) is 0 Å². The molecule has 9 heteroatoms. The summed E-state index contributed by atoms with van der Waals surface area (Å²) in [6, 6.07) is 0. The summed E-state index contributed by atoms with van der Waals surface area (Å²) in [4.78, 5) is 39.2. The molecule has 0 unspecified atom stereocenters. The van der Waals surface area contributed by atoms with E-state index in [1.165, 1.54) is 70.3 Å². The predicted molar refractivity (Wildman–Crippen MR) is 187 cm³/mol. The molecule has 0 aromatic carbocycles. The summed E-state index contributed by atoms with van der Waals surface area (Å²) in [6.45, 7) is 7.39. The molecule has 8 atom stereocenters. The molecule has 0 amide bonds.